The van der Waals surface area contributed by atoms with Crippen LogP contribution < -0.4 is 0 Å². The molecular formula is C34H50N2O4. The van der Waals surface area contributed by atoms with E-state index in [1.807, 2.05) is 6.07 Å². The maximum absolute atomic E-state index is 12.6. The predicted octanol–water partition coefficient (Wildman–Crippen LogP) is 9.19. The molecule has 1 aromatic carbocycles. The van der Waals surface area contributed by atoms with Gasteiger partial charge in [0, 0.05) is 43.5 Å². The van der Waals surface area contributed by atoms with Crippen molar-refractivity contribution < 1.29 is 19.1 Å². The van der Waals surface area contributed by atoms with Crippen LogP contribution >= 0.6 is 0 Å². The van der Waals surface area contributed by atoms with E-state index in [9.17, 15) is 9.59 Å². The number of fused-ring (bicyclic) bond motifs is 1. The monoisotopic (exact) mass is 550 g/mol. The number of aromatic nitrogens is 1. The lowest BCUT2D eigenvalue weighted by atomic mass is 9.89. The number of H-pyrrole nitrogens is 1. The molecule has 0 saturated carbocycles. The van der Waals surface area contributed by atoms with Crippen molar-refractivity contribution >= 4 is 23.0 Å². The number of ether oxygens (including phenoxy) is 2. The normalized spacial score (nSPS) is 15.3. The number of piperidine rings is 1. The lowest BCUT2D eigenvalue weighted by Gasteiger charge is -2.32. The fourth-order valence-electron chi connectivity index (χ4n) is 5.37. The Balaban J connectivity index is 1.18. The van der Waals surface area contributed by atoms with E-state index in [2.05, 4.69) is 60.6 Å². The molecule has 0 radical (unpaired) electrons. The molecule has 40 heavy (non-hydrogen) atoms. The van der Waals surface area contributed by atoms with Crippen molar-refractivity contribution in [2.75, 3.05) is 13.1 Å². The van der Waals surface area contributed by atoms with Crippen molar-refractivity contribution in [2.45, 2.75) is 116 Å². The summed E-state index contributed by atoms with van der Waals surface area (Å²) in [5.41, 5.74) is 2.47. The highest BCUT2D eigenvalue weighted by atomic mass is 16.7. The molecule has 1 atom stereocenters. The second-order valence-electron chi connectivity index (χ2n) is 11.0. The molecule has 2 aromatic rings. The Morgan fingerprint density at radius 1 is 0.925 bits per heavy atom. The van der Waals surface area contributed by atoms with Crippen LogP contribution in [-0.2, 0) is 14.3 Å². The topological polar surface area (TPSA) is 71.6 Å². The highest BCUT2D eigenvalue weighted by Gasteiger charge is 2.27. The fraction of sp³-hybridized carbons (Fsp3) is 0.588. The zero-order chi connectivity index (χ0) is 28.4. The number of esters is 1. The van der Waals surface area contributed by atoms with Gasteiger partial charge in [-0.2, -0.15) is 0 Å². The summed E-state index contributed by atoms with van der Waals surface area (Å²) in [5.74, 6) is 0.114. The second-order valence-corrected chi connectivity index (χ2v) is 11.0. The standard InChI is InChI=1S/C34H50N2O4/c1-3-4-5-6-7-8-9-10-11-12-13-14-15-16-17-22-33(37)39-28(2)40-34(38)36-25-23-29(24-26-36)31-27-35-32-21-19-18-20-30(31)32/h7-8,10-11,18-21,27-29,35H,3-6,9,12-17,22-26H2,1-2H3/b8-7-,11-10-. The van der Waals surface area contributed by atoms with Gasteiger partial charge in [0.15, 0.2) is 0 Å². The Hall–Kier alpha value is -3.02. The molecule has 1 aliphatic rings. The van der Waals surface area contributed by atoms with Gasteiger partial charge in [-0.3, -0.25) is 4.79 Å². The highest BCUT2D eigenvalue weighted by Crippen LogP contribution is 2.33. The number of hydrogen-bond acceptors (Lipinski definition) is 4. The van der Waals surface area contributed by atoms with Crippen LogP contribution in [-0.4, -0.2) is 41.3 Å². The molecule has 0 spiro atoms. The van der Waals surface area contributed by atoms with Gasteiger partial charge in [0.25, 0.3) is 0 Å². The molecule has 1 saturated heterocycles. The summed E-state index contributed by atoms with van der Waals surface area (Å²) in [5, 5.41) is 1.26. The summed E-state index contributed by atoms with van der Waals surface area (Å²) >= 11 is 0. The Morgan fingerprint density at radius 2 is 1.60 bits per heavy atom. The van der Waals surface area contributed by atoms with Gasteiger partial charge >= 0.3 is 12.1 Å². The largest absolute Gasteiger partial charge is 0.425 e. The molecule has 1 unspecified atom stereocenters. The molecule has 3 rings (SSSR count). The average molecular weight is 551 g/mol. The predicted molar refractivity (Wildman–Crippen MR) is 163 cm³/mol. The van der Waals surface area contributed by atoms with E-state index in [-0.39, 0.29) is 5.97 Å². The van der Waals surface area contributed by atoms with Gasteiger partial charge in [0.05, 0.1) is 0 Å². The van der Waals surface area contributed by atoms with Crippen molar-refractivity contribution in [3.05, 3.63) is 60.3 Å². The summed E-state index contributed by atoms with van der Waals surface area (Å²) in [7, 11) is 0. The SMILES string of the molecule is CCCCC/C=C\C/C=C\CCCCCCCC(=O)OC(C)OC(=O)N1CCC(c2c[nH]c3ccccc23)CC1. The van der Waals surface area contributed by atoms with Crippen LogP contribution in [0, 0.1) is 0 Å². The number of hydrogen-bond donors (Lipinski definition) is 1. The molecule has 1 N–H and O–H groups in total. The number of carbonyl (C=O) groups is 2. The number of nitrogens with one attached hydrogen (secondary N) is 1. The Bertz CT molecular complexity index is 1060. The van der Waals surface area contributed by atoms with Gasteiger partial charge in [-0.05, 0) is 68.9 Å². The third-order valence-electron chi connectivity index (χ3n) is 7.71. The minimum Gasteiger partial charge on any atom is -0.425 e. The third kappa shape index (κ3) is 11.2. The van der Waals surface area contributed by atoms with Crippen LogP contribution in [0.2, 0.25) is 0 Å². The number of amides is 1. The van der Waals surface area contributed by atoms with Gasteiger partial charge in [-0.1, -0.05) is 81.5 Å². The third-order valence-corrected chi connectivity index (χ3v) is 7.71. The number of nitrogens with zero attached hydrogens (tertiary/aromatic N) is 1. The molecule has 1 aliphatic heterocycles. The van der Waals surface area contributed by atoms with Crippen LogP contribution in [0.25, 0.3) is 10.9 Å². The van der Waals surface area contributed by atoms with Gasteiger partial charge < -0.3 is 19.4 Å². The van der Waals surface area contributed by atoms with Crippen molar-refractivity contribution in [3.8, 4) is 0 Å². The first kappa shape index (κ1) is 31.5. The molecule has 1 amide bonds. The van der Waals surface area contributed by atoms with Gasteiger partial charge in [-0.25, -0.2) is 4.79 Å². The molecule has 2 heterocycles. The summed E-state index contributed by atoms with van der Waals surface area (Å²) in [6.45, 7) is 5.12. The van der Waals surface area contributed by atoms with Crippen LogP contribution in [0.15, 0.2) is 54.8 Å². The highest BCUT2D eigenvalue weighted by molar-refractivity contribution is 5.83. The molecule has 1 fully saturated rings. The number of allylic oxidation sites excluding steroid dienone is 4. The van der Waals surface area contributed by atoms with E-state index in [4.69, 9.17) is 9.47 Å². The lowest BCUT2D eigenvalue weighted by Crippen LogP contribution is -2.40. The van der Waals surface area contributed by atoms with Gasteiger partial charge in [-0.15, -0.1) is 0 Å². The van der Waals surface area contributed by atoms with E-state index < -0.39 is 12.4 Å². The fourth-order valence-corrected chi connectivity index (χ4v) is 5.37. The van der Waals surface area contributed by atoms with Crippen LogP contribution in [0.4, 0.5) is 4.79 Å². The number of rotatable bonds is 17. The zero-order valence-corrected chi connectivity index (χ0v) is 24.7. The Labute approximate surface area is 241 Å². The summed E-state index contributed by atoms with van der Waals surface area (Å²) in [6, 6.07) is 8.33. The summed E-state index contributed by atoms with van der Waals surface area (Å²) in [6.07, 6.45) is 24.6. The molecule has 6 nitrogen and oxygen atoms in total. The number of aromatic amines is 1. The molecule has 1 aromatic heterocycles. The smallest absolute Gasteiger partial charge is 0.412 e. The first-order valence-electron chi connectivity index (χ1n) is 15.6. The van der Waals surface area contributed by atoms with E-state index in [1.54, 1.807) is 11.8 Å². The number of carbonyl (C=O) groups excluding carboxylic acids is 2. The summed E-state index contributed by atoms with van der Waals surface area (Å²) < 4.78 is 10.7. The van der Waals surface area contributed by atoms with Crippen molar-refractivity contribution in [1.29, 1.82) is 0 Å². The number of likely N-dealkylation sites (tertiary alicyclic amines) is 1. The molecule has 0 aliphatic carbocycles. The zero-order valence-electron chi connectivity index (χ0n) is 24.7. The molecular weight excluding hydrogens is 500 g/mol. The molecule has 220 valence electrons. The van der Waals surface area contributed by atoms with E-state index in [1.165, 1.54) is 49.5 Å². The molecule has 0 bridgehead atoms. The lowest BCUT2D eigenvalue weighted by molar-refractivity contribution is -0.166. The number of benzene rings is 1. The Kier molecular flexibility index (Phi) is 14.5. The second kappa shape index (κ2) is 18.4. The Morgan fingerprint density at radius 3 is 2.35 bits per heavy atom. The first-order valence-corrected chi connectivity index (χ1v) is 15.6. The maximum atomic E-state index is 12.6. The summed E-state index contributed by atoms with van der Waals surface area (Å²) in [4.78, 5) is 29.8. The van der Waals surface area contributed by atoms with E-state index in [0.29, 0.717) is 25.4 Å². The van der Waals surface area contributed by atoms with E-state index >= 15 is 0 Å². The minimum atomic E-state index is -0.871. The van der Waals surface area contributed by atoms with Crippen LogP contribution in [0.5, 0.6) is 0 Å². The van der Waals surface area contributed by atoms with Crippen molar-refractivity contribution in [2.24, 2.45) is 0 Å². The molecule has 6 heteroatoms. The quantitative estimate of drug-likeness (QED) is 0.0922. The van der Waals surface area contributed by atoms with Crippen LogP contribution in [0.1, 0.15) is 115 Å². The van der Waals surface area contributed by atoms with Crippen molar-refractivity contribution in [3.63, 3.8) is 0 Å². The first-order chi connectivity index (χ1) is 19.6. The van der Waals surface area contributed by atoms with Gasteiger partial charge in [0.2, 0.25) is 6.29 Å². The maximum Gasteiger partial charge on any atom is 0.412 e. The average Bonchev–Trinajstić information content (AvgIpc) is 3.39. The minimum absolute atomic E-state index is 0.302. The van der Waals surface area contributed by atoms with Crippen molar-refractivity contribution in [1.82, 2.24) is 9.88 Å². The van der Waals surface area contributed by atoms with Crippen LogP contribution in [0.3, 0.4) is 0 Å². The van der Waals surface area contributed by atoms with Gasteiger partial charge in [0.1, 0.15) is 0 Å². The number of para-hydroxylation sites is 1. The van der Waals surface area contributed by atoms with E-state index in [0.717, 1.165) is 50.5 Å². The number of unbranched alkanes of at least 4 members (excludes halogenated alkanes) is 8.